The highest BCUT2D eigenvalue weighted by atomic mass is 16.1. The van der Waals surface area contributed by atoms with Gasteiger partial charge in [0.15, 0.2) is 0 Å². The highest BCUT2D eigenvalue weighted by Gasteiger charge is 2.08. The number of carbonyl (C=O) groups is 1. The molecule has 0 aliphatic rings. The number of aromatic nitrogens is 2. The van der Waals surface area contributed by atoms with E-state index in [1.165, 1.54) is 5.56 Å². The summed E-state index contributed by atoms with van der Waals surface area (Å²) in [4.78, 5) is 21.2. The van der Waals surface area contributed by atoms with Crippen LogP contribution in [-0.4, -0.2) is 22.4 Å². The van der Waals surface area contributed by atoms with Gasteiger partial charge >= 0.3 is 0 Å². The molecule has 0 aliphatic heterocycles. The molecular formula is C22H25N5O. The molecule has 1 aromatic heterocycles. The second-order valence-corrected chi connectivity index (χ2v) is 6.67. The first-order valence-corrected chi connectivity index (χ1v) is 9.30. The van der Waals surface area contributed by atoms with E-state index in [0.717, 1.165) is 35.1 Å². The number of hydrogen-bond donors (Lipinski definition) is 3. The van der Waals surface area contributed by atoms with Gasteiger partial charge in [-0.25, -0.2) is 9.97 Å². The Balaban J connectivity index is 1.68. The molecule has 0 atom stereocenters. The van der Waals surface area contributed by atoms with Crippen molar-refractivity contribution in [2.45, 2.75) is 27.7 Å². The lowest BCUT2D eigenvalue weighted by Crippen LogP contribution is -2.12. The Hall–Kier alpha value is -3.41. The fourth-order valence-electron chi connectivity index (χ4n) is 2.77. The number of anilines is 4. The monoisotopic (exact) mass is 375 g/mol. The number of nitrogens with zero attached hydrogens (tertiary/aromatic N) is 2. The molecule has 3 aromatic rings. The van der Waals surface area contributed by atoms with Crippen LogP contribution in [0.5, 0.6) is 0 Å². The molecule has 28 heavy (non-hydrogen) atoms. The minimum absolute atomic E-state index is 0.120. The molecule has 6 heteroatoms. The molecule has 1 heterocycles. The summed E-state index contributed by atoms with van der Waals surface area (Å²) in [5.74, 6) is 2.08. The van der Waals surface area contributed by atoms with E-state index in [0.29, 0.717) is 11.4 Å². The van der Waals surface area contributed by atoms with Gasteiger partial charge < -0.3 is 16.0 Å². The van der Waals surface area contributed by atoms with Gasteiger partial charge in [-0.05, 0) is 75.2 Å². The summed E-state index contributed by atoms with van der Waals surface area (Å²) in [7, 11) is 0. The maximum atomic E-state index is 12.4. The minimum Gasteiger partial charge on any atom is -0.370 e. The van der Waals surface area contributed by atoms with Crippen LogP contribution in [0.25, 0.3) is 0 Å². The van der Waals surface area contributed by atoms with Crippen molar-refractivity contribution in [1.29, 1.82) is 0 Å². The maximum Gasteiger partial charge on any atom is 0.255 e. The first kappa shape index (κ1) is 19.4. The van der Waals surface area contributed by atoms with E-state index in [1.54, 1.807) is 0 Å². The number of benzene rings is 2. The molecule has 1 amide bonds. The zero-order valence-corrected chi connectivity index (χ0v) is 16.6. The molecule has 2 aromatic carbocycles. The lowest BCUT2D eigenvalue weighted by molar-refractivity contribution is 0.102. The van der Waals surface area contributed by atoms with E-state index >= 15 is 0 Å². The first-order chi connectivity index (χ1) is 13.4. The number of rotatable bonds is 6. The minimum atomic E-state index is -0.120. The largest absolute Gasteiger partial charge is 0.370 e. The summed E-state index contributed by atoms with van der Waals surface area (Å²) in [6.07, 6.45) is 0. The van der Waals surface area contributed by atoms with Gasteiger partial charge in [0, 0.05) is 29.5 Å². The third-order valence-corrected chi connectivity index (χ3v) is 4.38. The molecule has 0 radical (unpaired) electrons. The van der Waals surface area contributed by atoms with Crippen LogP contribution in [0.4, 0.5) is 23.0 Å². The number of carbonyl (C=O) groups excluding carboxylic acids is 1. The summed E-state index contributed by atoms with van der Waals surface area (Å²) in [6, 6.07) is 15.1. The van der Waals surface area contributed by atoms with Crippen LogP contribution in [0, 0.1) is 20.8 Å². The van der Waals surface area contributed by atoms with Crippen LogP contribution in [0.3, 0.4) is 0 Å². The van der Waals surface area contributed by atoms with Gasteiger partial charge in [-0.1, -0.05) is 6.07 Å². The Kier molecular flexibility index (Phi) is 5.89. The summed E-state index contributed by atoms with van der Waals surface area (Å²) < 4.78 is 0. The van der Waals surface area contributed by atoms with Crippen LogP contribution in [0.15, 0.2) is 48.5 Å². The number of amides is 1. The van der Waals surface area contributed by atoms with E-state index in [-0.39, 0.29) is 5.91 Å². The predicted octanol–water partition coefficient (Wildman–Crippen LogP) is 4.83. The van der Waals surface area contributed by atoms with E-state index in [1.807, 2.05) is 76.2 Å². The van der Waals surface area contributed by atoms with E-state index in [2.05, 4.69) is 25.9 Å². The molecular weight excluding hydrogens is 350 g/mol. The van der Waals surface area contributed by atoms with Gasteiger partial charge in [0.2, 0.25) is 0 Å². The highest BCUT2D eigenvalue weighted by molar-refractivity contribution is 6.04. The molecule has 0 unspecified atom stereocenters. The molecule has 0 bridgehead atoms. The number of hydrogen-bond acceptors (Lipinski definition) is 5. The lowest BCUT2D eigenvalue weighted by atomic mass is 10.1. The zero-order chi connectivity index (χ0) is 20.1. The van der Waals surface area contributed by atoms with Crippen molar-refractivity contribution in [2.24, 2.45) is 0 Å². The van der Waals surface area contributed by atoms with Crippen molar-refractivity contribution in [3.8, 4) is 0 Å². The van der Waals surface area contributed by atoms with Crippen molar-refractivity contribution in [2.75, 3.05) is 22.5 Å². The van der Waals surface area contributed by atoms with Crippen LogP contribution < -0.4 is 16.0 Å². The van der Waals surface area contributed by atoms with Crippen LogP contribution in [-0.2, 0) is 0 Å². The Labute approximate surface area is 165 Å². The molecule has 144 valence electrons. The number of aryl methyl sites for hydroxylation is 3. The van der Waals surface area contributed by atoms with Crippen molar-refractivity contribution in [1.82, 2.24) is 9.97 Å². The first-order valence-electron chi connectivity index (χ1n) is 9.30. The molecule has 0 fully saturated rings. The van der Waals surface area contributed by atoms with Crippen molar-refractivity contribution in [3.63, 3.8) is 0 Å². The molecule has 0 saturated heterocycles. The summed E-state index contributed by atoms with van der Waals surface area (Å²) in [5.41, 5.74) is 4.54. The normalized spacial score (nSPS) is 10.4. The molecule has 0 spiro atoms. The van der Waals surface area contributed by atoms with Crippen LogP contribution in [0.2, 0.25) is 0 Å². The molecule has 3 rings (SSSR count). The van der Waals surface area contributed by atoms with Crippen molar-refractivity contribution in [3.05, 3.63) is 71.0 Å². The Morgan fingerprint density at radius 2 is 1.54 bits per heavy atom. The highest BCUT2D eigenvalue weighted by Crippen LogP contribution is 2.20. The van der Waals surface area contributed by atoms with Gasteiger partial charge in [0.25, 0.3) is 5.91 Å². The lowest BCUT2D eigenvalue weighted by Gasteiger charge is -2.11. The quantitative estimate of drug-likeness (QED) is 0.575. The Bertz CT molecular complexity index is 983. The summed E-state index contributed by atoms with van der Waals surface area (Å²) >= 11 is 0. The zero-order valence-electron chi connectivity index (χ0n) is 16.6. The van der Waals surface area contributed by atoms with Crippen LogP contribution in [0.1, 0.15) is 34.2 Å². The van der Waals surface area contributed by atoms with Gasteiger partial charge in [-0.3, -0.25) is 4.79 Å². The molecule has 0 aliphatic carbocycles. The second kappa shape index (κ2) is 8.52. The summed E-state index contributed by atoms with van der Waals surface area (Å²) in [6.45, 7) is 8.71. The molecule has 3 N–H and O–H groups in total. The smallest absolute Gasteiger partial charge is 0.255 e. The third kappa shape index (κ3) is 4.85. The number of nitrogens with one attached hydrogen (secondary N) is 3. The van der Waals surface area contributed by atoms with Gasteiger partial charge in [0.05, 0.1) is 0 Å². The van der Waals surface area contributed by atoms with Gasteiger partial charge in [0.1, 0.15) is 17.5 Å². The predicted molar refractivity (Wildman–Crippen MR) is 115 cm³/mol. The average molecular weight is 375 g/mol. The van der Waals surface area contributed by atoms with E-state index in [9.17, 15) is 4.79 Å². The third-order valence-electron chi connectivity index (χ3n) is 4.38. The molecule has 6 nitrogen and oxygen atoms in total. The summed E-state index contributed by atoms with van der Waals surface area (Å²) in [5, 5.41) is 9.38. The topological polar surface area (TPSA) is 78.9 Å². The Morgan fingerprint density at radius 1 is 0.857 bits per heavy atom. The van der Waals surface area contributed by atoms with Crippen LogP contribution >= 0.6 is 0 Å². The van der Waals surface area contributed by atoms with Crippen molar-refractivity contribution >= 4 is 28.9 Å². The molecule has 0 saturated carbocycles. The van der Waals surface area contributed by atoms with E-state index < -0.39 is 0 Å². The van der Waals surface area contributed by atoms with Gasteiger partial charge in [-0.2, -0.15) is 0 Å². The second-order valence-electron chi connectivity index (χ2n) is 6.67. The standard InChI is InChI=1S/C22H25N5O/c1-5-23-20-13-21(25-16(4)24-20)26-18-8-10-19(11-9-18)27-22(28)17-7-6-14(2)15(3)12-17/h6-13H,5H2,1-4H3,(H,27,28)(H2,23,24,25,26). The van der Waals surface area contributed by atoms with E-state index in [4.69, 9.17) is 0 Å². The SMILES string of the molecule is CCNc1cc(Nc2ccc(NC(=O)c3ccc(C)c(C)c3)cc2)nc(C)n1. The van der Waals surface area contributed by atoms with Gasteiger partial charge in [-0.15, -0.1) is 0 Å². The Morgan fingerprint density at radius 3 is 2.21 bits per heavy atom. The van der Waals surface area contributed by atoms with Crippen molar-refractivity contribution < 1.29 is 4.79 Å². The average Bonchev–Trinajstić information content (AvgIpc) is 2.65. The fraction of sp³-hybridized carbons (Fsp3) is 0.227. The maximum absolute atomic E-state index is 12.4. The fourth-order valence-corrected chi connectivity index (χ4v) is 2.77.